The highest BCUT2D eigenvalue weighted by molar-refractivity contribution is 5.92. The van der Waals surface area contributed by atoms with Gasteiger partial charge in [0.15, 0.2) is 0 Å². The van der Waals surface area contributed by atoms with E-state index in [1.165, 1.54) is 0 Å². The number of nitrogens with one attached hydrogen (secondary N) is 1. The highest BCUT2D eigenvalue weighted by atomic mass is 16.2. The van der Waals surface area contributed by atoms with Crippen molar-refractivity contribution < 1.29 is 9.59 Å². The SMILES string of the molecule is CCC(C)C(=O)Nc1ccc(CC(=O)N2CCN(c3ncccn3)CC2)cc1. The van der Waals surface area contributed by atoms with Crippen LogP contribution in [0.3, 0.4) is 0 Å². The van der Waals surface area contributed by atoms with Crippen molar-refractivity contribution >= 4 is 23.5 Å². The van der Waals surface area contributed by atoms with Gasteiger partial charge in [0.2, 0.25) is 17.8 Å². The number of hydrogen-bond acceptors (Lipinski definition) is 5. The fourth-order valence-corrected chi connectivity index (χ4v) is 3.05. The Labute approximate surface area is 165 Å². The summed E-state index contributed by atoms with van der Waals surface area (Å²) in [5.41, 5.74) is 1.71. The van der Waals surface area contributed by atoms with Crippen LogP contribution in [0.2, 0.25) is 0 Å². The molecule has 2 aromatic rings. The third kappa shape index (κ3) is 5.06. The summed E-state index contributed by atoms with van der Waals surface area (Å²) in [4.78, 5) is 37.1. The summed E-state index contributed by atoms with van der Waals surface area (Å²) in [6.07, 6.45) is 4.63. The van der Waals surface area contributed by atoms with Crippen LogP contribution >= 0.6 is 0 Å². The first-order valence-electron chi connectivity index (χ1n) is 9.76. The van der Waals surface area contributed by atoms with Gasteiger partial charge in [-0.15, -0.1) is 0 Å². The van der Waals surface area contributed by atoms with E-state index in [-0.39, 0.29) is 17.7 Å². The molecule has 7 nitrogen and oxygen atoms in total. The van der Waals surface area contributed by atoms with Crippen LogP contribution in [0.15, 0.2) is 42.7 Å². The molecule has 148 valence electrons. The van der Waals surface area contributed by atoms with E-state index in [9.17, 15) is 9.59 Å². The van der Waals surface area contributed by atoms with Crippen molar-refractivity contribution in [3.63, 3.8) is 0 Å². The van der Waals surface area contributed by atoms with E-state index in [4.69, 9.17) is 0 Å². The Kier molecular flexibility index (Phi) is 6.57. The molecule has 1 aliphatic rings. The van der Waals surface area contributed by atoms with Crippen LogP contribution in [0.5, 0.6) is 0 Å². The Morgan fingerprint density at radius 1 is 1.07 bits per heavy atom. The summed E-state index contributed by atoms with van der Waals surface area (Å²) in [6, 6.07) is 9.31. The van der Waals surface area contributed by atoms with Crippen LogP contribution in [0.1, 0.15) is 25.8 Å². The van der Waals surface area contributed by atoms with Crippen molar-refractivity contribution in [1.29, 1.82) is 0 Å². The molecule has 2 amide bonds. The maximum Gasteiger partial charge on any atom is 0.227 e. The molecule has 0 saturated carbocycles. The second-order valence-electron chi connectivity index (χ2n) is 7.09. The average molecular weight is 381 g/mol. The Morgan fingerprint density at radius 3 is 2.32 bits per heavy atom. The molecule has 1 N–H and O–H groups in total. The van der Waals surface area contributed by atoms with Gasteiger partial charge in [0, 0.05) is 50.2 Å². The smallest absolute Gasteiger partial charge is 0.227 e. The van der Waals surface area contributed by atoms with Gasteiger partial charge in [-0.3, -0.25) is 9.59 Å². The molecule has 1 unspecified atom stereocenters. The summed E-state index contributed by atoms with van der Waals surface area (Å²) in [7, 11) is 0. The van der Waals surface area contributed by atoms with Crippen LogP contribution < -0.4 is 10.2 Å². The van der Waals surface area contributed by atoms with Gasteiger partial charge in [0.05, 0.1) is 6.42 Å². The molecular weight excluding hydrogens is 354 g/mol. The normalized spacial score (nSPS) is 15.2. The standard InChI is InChI=1S/C21H27N5O2/c1-3-16(2)20(28)24-18-7-5-17(6-8-18)15-19(27)25-11-13-26(14-12-25)21-22-9-4-10-23-21/h4-10,16H,3,11-15H2,1-2H3,(H,24,28). The Morgan fingerprint density at radius 2 is 1.71 bits per heavy atom. The molecule has 0 bridgehead atoms. The third-order valence-electron chi connectivity index (χ3n) is 5.10. The zero-order valence-electron chi connectivity index (χ0n) is 16.5. The third-order valence-corrected chi connectivity index (χ3v) is 5.10. The summed E-state index contributed by atoms with van der Waals surface area (Å²) >= 11 is 0. The van der Waals surface area contributed by atoms with Crippen LogP contribution in [0, 0.1) is 5.92 Å². The second-order valence-corrected chi connectivity index (χ2v) is 7.09. The minimum Gasteiger partial charge on any atom is -0.339 e. The Bertz CT molecular complexity index is 786. The number of benzene rings is 1. The first-order chi connectivity index (χ1) is 13.6. The maximum atomic E-state index is 12.6. The lowest BCUT2D eigenvalue weighted by Gasteiger charge is -2.34. The van der Waals surface area contributed by atoms with Gasteiger partial charge in [-0.25, -0.2) is 9.97 Å². The molecule has 0 radical (unpaired) electrons. The van der Waals surface area contributed by atoms with Gasteiger partial charge in [-0.2, -0.15) is 0 Å². The van der Waals surface area contributed by atoms with Gasteiger partial charge in [-0.05, 0) is 30.2 Å². The minimum atomic E-state index is -0.0128. The largest absolute Gasteiger partial charge is 0.339 e. The average Bonchev–Trinajstić information content (AvgIpc) is 2.75. The Balaban J connectivity index is 1.49. The molecular formula is C21H27N5O2. The number of nitrogens with zero attached hydrogens (tertiary/aromatic N) is 4. The fourth-order valence-electron chi connectivity index (χ4n) is 3.05. The maximum absolute atomic E-state index is 12.6. The zero-order valence-corrected chi connectivity index (χ0v) is 16.5. The van der Waals surface area contributed by atoms with E-state index < -0.39 is 0 Å². The molecule has 7 heteroatoms. The lowest BCUT2D eigenvalue weighted by atomic mass is 10.1. The van der Waals surface area contributed by atoms with E-state index in [0.29, 0.717) is 25.5 Å². The molecule has 3 rings (SSSR count). The van der Waals surface area contributed by atoms with Crippen molar-refractivity contribution in [1.82, 2.24) is 14.9 Å². The van der Waals surface area contributed by atoms with Crippen molar-refractivity contribution in [2.75, 3.05) is 36.4 Å². The van der Waals surface area contributed by atoms with E-state index in [0.717, 1.165) is 30.8 Å². The van der Waals surface area contributed by atoms with Crippen molar-refractivity contribution in [3.8, 4) is 0 Å². The summed E-state index contributed by atoms with van der Waals surface area (Å²) < 4.78 is 0. The molecule has 1 fully saturated rings. The molecule has 1 saturated heterocycles. The van der Waals surface area contributed by atoms with Crippen molar-refractivity contribution in [2.24, 2.45) is 5.92 Å². The number of anilines is 2. The predicted octanol–water partition coefficient (Wildman–Crippen LogP) is 2.35. The van der Waals surface area contributed by atoms with Crippen LogP contribution in [0.25, 0.3) is 0 Å². The van der Waals surface area contributed by atoms with E-state index in [1.54, 1.807) is 18.5 Å². The number of aromatic nitrogens is 2. The number of hydrogen-bond donors (Lipinski definition) is 1. The van der Waals surface area contributed by atoms with Crippen LogP contribution in [-0.4, -0.2) is 52.9 Å². The quantitative estimate of drug-likeness (QED) is 0.831. The summed E-state index contributed by atoms with van der Waals surface area (Å²) in [5, 5.41) is 2.91. The monoisotopic (exact) mass is 381 g/mol. The van der Waals surface area contributed by atoms with Gasteiger partial charge in [-0.1, -0.05) is 26.0 Å². The van der Waals surface area contributed by atoms with E-state index >= 15 is 0 Å². The van der Waals surface area contributed by atoms with E-state index in [2.05, 4.69) is 20.2 Å². The molecule has 1 aromatic heterocycles. The first kappa shape index (κ1) is 19.8. The number of carbonyl (C=O) groups is 2. The van der Waals surface area contributed by atoms with Gasteiger partial charge in [0.1, 0.15) is 0 Å². The van der Waals surface area contributed by atoms with Gasteiger partial charge < -0.3 is 15.1 Å². The number of amides is 2. The van der Waals surface area contributed by atoms with Crippen molar-refractivity contribution in [2.45, 2.75) is 26.7 Å². The molecule has 28 heavy (non-hydrogen) atoms. The lowest BCUT2D eigenvalue weighted by molar-refractivity contribution is -0.130. The molecule has 0 aliphatic carbocycles. The molecule has 1 atom stereocenters. The number of rotatable bonds is 6. The Hall–Kier alpha value is -2.96. The summed E-state index contributed by atoms with van der Waals surface area (Å²) in [5.74, 6) is 0.836. The zero-order chi connectivity index (χ0) is 19.9. The minimum absolute atomic E-state index is 0.0128. The predicted molar refractivity (Wildman–Crippen MR) is 109 cm³/mol. The molecule has 0 spiro atoms. The number of carbonyl (C=O) groups excluding carboxylic acids is 2. The highest BCUT2D eigenvalue weighted by Gasteiger charge is 2.22. The van der Waals surface area contributed by atoms with E-state index in [1.807, 2.05) is 43.0 Å². The van der Waals surface area contributed by atoms with Crippen molar-refractivity contribution in [3.05, 3.63) is 48.3 Å². The van der Waals surface area contributed by atoms with Crippen LogP contribution in [-0.2, 0) is 16.0 Å². The number of piperazine rings is 1. The fraction of sp³-hybridized carbons (Fsp3) is 0.429. The lowest BCUT2D eigenvalue weighted by Crippen LogP contribution is -2.49. The first-order valence-corrected chi connectivity index (χ1v) is 9.76. The van der Waals surface area contributed by atoms with Crippen LogP contribution in [0.4, 0.5) is 11.6 Å². The molecule has 1 aromatic carbocycles. The summed E-state index contributed by atoms with van der Waals surface area (Å²) in [6.45, 7) is 6.70. The van der Waals surface area contributed by atoms with Gasteiger partial charge in [0.25, 0.3) is 0 Å². The highest BCUT2D eigenvalue weighted by Crippen LogP contribution is 2.15. The second kappa shape index (κ2) is 9.30. The van der Waals surface area contributed by atoms with Gasteiger partial charge >= 0.3 is 0 Å². The molecule has 1 aliphatic heterocycles. The molecule has 2 heterocycles. The topological polar surface area (TPSA) is 78.4 Å².